The van der Waals surface area contributed by atoms with Crippen LogP contribution in [-0.2, 0) is 14.3 Å². The van der Waals surface area contributed by atoms with Gasteiger partial charge in [0.05, 0.1) is 12.7 Å². The fraction of sp³-hybridized carbons (Fsp3) is 0.462. The largest absolute Gasteiger partial charge is 0.370 e. The van der Waals surface area contributed by atoms with Crippen LogP contribution in [0.3, 0.4) is 0 Å². The molecule has 2 heterocycles. The van der Waals surface area contributed by atoms with Crippen LogP contribution < -0.4 is 0 Å². The summed E-state index contributed by atoms with van der Waals surface area (Å²) < 4.78 is 11.5. The smallest absolute Gasteiger partial charge is 0.167 e. The van der Waals surface area contributed by atoms with Gasteiger partial charge in [-0.3, -0.25) is 4.79 Å². The van der Waals surface area contributed by atoms with Crippen LogP contribution in [0.5, 0.6) is 0 Å². The van der Waals surface area contributed by atoms with Crippen LogP contribution in [0.25, 0.3) is 0 Å². The van der Waals surface area contributed by atoms with Crippen LogP contribution in [0.1, 0.15) is 24.5 Å². The van der Waals surface area contributed by atoms with Crippen molar-refractivity contribution in [2.45, 2.75) is 31.2 Å². The summed E-state index contributed by atoms with van der Waals surface area (Å²) in [7, 11) is 0. The summed E-state index contributed by atoms with van der Waals surface area (Å²) in [6.07, 6.45) is 0.838. The highest BCUT2D eigenvalue weighted by Crippen LogP contribution is 2.34. The Morgan fingerprint density at radius 2 is 1.94 bits per heavy atom. The van der Waals surface area contributed by atoms with E-state index in [1.165, 1.54) is 0 Å². The molecule has 2 saturated heterocycles. The first-order valence-electron chi connectivity index (χ1n) is 5.69. The quantitative estimate of drug-likeness (QED) is 0.722. The Morgan fingerprint density at radius 3 is 2.75 bits per heavy atom. The maximum Gasteiger partial charge on any atom is 0.167 e. The van der Waals surface area contributed by atoms with Crippen LogP contribution in [0.15, 0.2) is 30.3 Å². The molecule has 3 rings (SSSR count). The molecule has 0 radical (unpaired) electrons. The zero-order valence-electron chi connectivity index (χ0n) is 8.96. The fourth-order valence-electron chi connectivity index (χ4n) is 2.41. The molecular formula is C13H14O3. The van der Waals surface area contributed by atoms with E-state index in [4.69, 9.17) is 9.47 Å². The Morgan fingerprint density at radius 1 is 1.12 bits per heavy atom. The molecule has 3 nitrogen and oxygen atoms in total. The number of ketones is 1. The predicted molar refractivity (Wildman–Crippen MR) is 58.0 cm³/mol. The number of benzene rings is 1. The van der Waals surface area contributed by atoms with Crippen molar-refractivity contribution >= 4 is 5.78 Å². The van der Waals surface area contributed by atoms with Gasteiger partial charge in [-0.05, 0) is 12.0 Å². The lowest BCUT2D eigenvalue weighted by Crippen LogP contribution is -2.26. The molecule has 3 heteroatoms. The topological polar surface area (TPSA) is 35.5 Å². The molecule has 0 unspecified atom stereocenters. The molecule has 3 atom stereocenters. The van der Waals surface area contributed by atoms with Crippen molar-refractivity contribution in [1.29, 1.82) is 0 Å². The molecule has 16 heavy (non-hydrogen) atoms. The minimum atomic E-state index is -0.394. The lowest BCUT2D eigenvalue weighted by Gasteiger charge is -2.20. The minimum absolute atomic E-state index is 0.0752. The first kappa shape index (κ1) is 10.00. The van der Waals surface area contributed by atoms with E-state index in [0.29, 0.717) is 13.0 Å². The number of fused-ring (bicyclic) bond motifs is 2. The molecule has 0 spiro atoms. The Labute approximate surface area is 94.4 Å². The van der Waals surface area contributed by atoms with Gasteiger partial charge in [0.2, 0.25) is 0 Å². The van der Waals surface area contributed by atoms with E-state index < -0.39 is 6.10 Å². The van der Waals surface area contributed by atoms with E-state index >= 15 is 0 Å². The highest BCUT2D eigenvalue weighted by atomic mass is 16.6. The van der Waals surface area contributed by atoms with E-state index in [1.807, 2.05) is 30.3 Å². The number of rotatable bonds is 1. The summed E-state index contributed by atoms with van der Waals surface area (Å²) >= 11 is 0. The molecule has 0 saturated carbocycles. The number of hydrogen-bond acceptors (Lipinski definition) is 3. The SMILES string of the molecule is O=C1C[C@H]2CCO[C@H](c3ccccc3)[C@@H]1O2. The third-order valence-electron chi connectivity index (χ3n) is 3.23. The Hall–Kier alpha value is -1.19. The van der Waals surface area contributed by atoms with Gasteiger partial charge in [-0.2, -0.15) is 0 Å². The maximum atomic E-state index is 11.8. The third kappa shape index (κ3) is 1.66. The molecular weight excluding hydrogens is 204 g/mol. The van der Waals surface area contributed by atoms with E-state index in [-0.39, 0.29) is 18.0 Å². The van der Waals surface area contributed by atoms with Crippen LogP contribution in [0, 0.1) is 0 Å². The summed E-state index contributed by atoms with van der Waals surface area (Å²) in [6, 6.07) is 9.85. The summed E-state index contributed by atoms with van der Waals surface area (Å²) in [4.78, 5) is 11.8. The molecule has 2 aliphatic heterocycles. The molecule has 0 aromatic heterocycles. The molecule has 2 fully saturated rings. The van der Waals surface area contributed by atoms with Crippen molar-refractivity contribution < 1.29 is 14.3 Å². The van der Waals surface area contributed by atoms with Gasteiger partial charge in [0.25, 0.3) is 0 Å². The number of ether oxygens (including phenoxy) is 2. The van der Waals surface area contributed by atoms with Crippen molar-refractivity contribution in [1.82, 2.24) is 0 Å². The van der Waals surface area contributed by atoms with Gasteiger partial charge in [-0.1, -0.05) is 30.3 Å². The van der Waals surface area contributed by atoms with Crippen molar-refractivity contribution in [3.05, 3.63) is 35.9 Å². The Bertz CT molecular complexity index is 387. The first-order valence-corrected chi connectivity index (χ1v) is 5.69. The molecule has 0 amide bonds. The second-order valence-electron chi connectivity index (χ2n) is 4.34. The Kier molecular flexibility index (Phi) is 2.50. The number of carbonyl (C=O) groups is 1. The van der Waals surface area contributed by atoms with Crippen LogP contribution in [-0.4, -0.2) is 24.6 Å². The Balaban J connectivity index is 1.91. The average Bonchev–Trinajstić information content (AvgIpc) is 2.55. The maximum absolute atomic E-state index is 11.8. The number of Topliss-reactive ketones (excluding diaryl/α,β-unsaturated/α-hetero) is 1. The van der Waals surface area contributed by atoms with Crippen molar-refractivity contribution in [2.24, 2.45) is 0 Å². The van der Waals surface area contributed by atoms with Gasteiger partial charge in [0.15, 0.2) is 5.78 Å². The summed E-state index contributed by atoms with van der Waals surface area (Å²) in [5.74, 6) is 0.179. The normalized spacial score (nSPS) is 33.8. The number of hydrogen-bond donors (Lipinski definition) is 0. The monoisotopic (exact) mass is 218 g/mol. The van der Waals surface area contributed by atoms with Crippen molar-refractivity contribution in [2.75, 3.05) is 6.61 Å². The van der Waals surface area contributed by atoms with Gasteiger partial charge < -0.3 is 9.47 Å². The standard InChI is InChI=1S/C13H14O3/c14-11-8-10-6-7-15-12(13(11)16-10)9-4-2-1-3-5-9/h1-5,10,12-13H,6-8H2/t10-,12-,13-/m1/s1. The highest BCUT2D eigenvalue weighted by Gasteiger charge is 2.42. The summed E-state index contributed by atoms with van der Waals surface area (Å²) in [5, 5.41) is 0. The summed E-state index contributed by atoms with van der Waals surface area (Å²) in [5.41, 5.74) is 1.03. The van der Waals surface area contributed by atoms with Gasteiger partial charge in [0.1, 0.15) is 12.2 Å². The van der Waals surface area contributed by atoms with Crippen LogP contribution in [0.4, 0.5) is 0 Å². The molecule has 2 aliphatic rings. The minimum Gasteiger partial charge on any atom is -0.370 e. The van der Waals surface area contributed by atoms with Gasteiger partial charge >= 0.3 is 0 Å². The van der Waals surface area contributed by atoms with Gasteiger partial charge in [0, 0.05) is 6.42 Å². The molecule has 0 N–H and O–H groups in total. The molecule has 1 aromatic rings. The van der Waals surface area contributed by atoms with E-state index in [1.54, 1.807) is 0 Å². The highest BCUT2D eigenvalue weighted by molar-refractivity contribution is 5.86. The molecule has 2 bridgehead atoms. The van der Waals surface area contributed by atoms with Gasteiger partial charge in [-0.15, -0.1) is 0 Å². The zero-order chi connectivity index (χ0) is 11.0. The van der Waals surface area contributed by atoms with Crippen LogP contribution >= 0.6 is 0 Å². The van der Waals surface area contributed by atoms with Crippen LogP contribution in [0.2, 0.25) is 0 Å². The van der Waals surface area contributed by atoms with E-state index in [9.17, 15) is 4.79 Å². The lowest BCUT2D eigenvalue weighted by molar-refractivity contribution is -0.129. The lowest BCUT2D eigenvalue weighted by atomic mass is 9.99. The second kappa shape index (κ2) is 4.00. The van der Waals surface area contributed by atoms with Crippen molar-refractivity contribution in [3.8, 4) is 0 Å². The third-order valence-corrected chi connectivity index (χ3v) is 3.23. The van der Waals surface area contributed by atoms with E-state index in [2.05, 4.69) is 0 Å². The summed E-state index contributed by atoms with van der Waals surface area (Å²) in [6.45, 7) is 0.675. The number of carbonyl (C=O) groups excluding carboxylic acids is 1. The zero-order valence-corrected chi connectivity index (χ0v) is 8.96. The molecule has 0 aliphatic carbocycles. The van der Waals surface area contributed by atoms with Crippen molar-refractivity contribution in [3.63, 3.8) is 0 Å². The fourth-order valence-corrected chi connectivity index (χ4v) is 2.41. The van der Waals surface area contributed by atoms with Gasteiger partial charge in [-0.25, -0.2) is 0 Å². The van der Waals surface area contributed by atoms with E-state index in [0.717, 1.165) is 12.0 Å². The second-order valence-corrected chi connectivity index (χ2v) is 4.34. The molecule has 1 aromatic carbocycles. The first-order chi connectivity index (χ1) is 7.84. The average molecular weight is 218 g/mol. The molecule has 84 valence electrons. The predicted octanol–water partition coefficient (Wildman–Crippen LogP) is 1.87.